The van der Waals surface area contributed by atoms with Crippen LogP contribution in [0.15, 0.2) is 0 Å². The summed E-state index contributed by atoms with van der Waals surface area (Å²) in [4.78, 5) is 0. The second-order valence-corrected chi connectivity index (χ2v) is 10.6. The van der Waals surface area contributed by atoms with E-state index in [1.54, 1.807) is 0 Å². The molecule has 2 unspecified atom stereocenters. The van der Waals surface area contributed by atoms with Crippen molar-refractivity contribution in [3.05, 3.63) is 0 Å². The van der Waals surface area contributed by atoms with Gasteiger partial charge in [0.15, 0.2) is 0 Å². The zero-order valence-electron chi connectivity index (χ0n) is 19.4. The zero-order chi connectivity index (χ0) is 21.8. The Morgan fingerprint density at radius 1 is 0.586 bits per heavy atom. The molecule has 0 aliphatic heterocycles. The van der Waals surface area contributed by atoms with Gasteiger partial charge in [-0.05, 0) is 19.3 Å². The number of unbranched alkanes of at least 4 members (excludes halogenated alkanes) is 15. The SMILES string of the molecule is CCCCCCCCCCCCCCCCC(O)CC(CCCCC)S(=O)(=O)O. The molecule has 0 aromatic heterocycles. The number of rotatable bonds is 22. The fourth-order valence-corrected chi connectivity index (χ4v) is 4.94. The second kappa shape index (κ2) is 19.8. The van der Waals surface area contributed by atoms with Gasteiger partial charge in [0.25, 0.3) is 10.1 Å². The van der Waals surface area contributed by atoms with Crippen LogP contribution >= 0.6 is 0 Å². The molecule has 0 aromatic rings. The van der Waals surface area contributed by atoms with Crippen molar-refractivity contribution < 1.29 is 18.1 Å². The van der Waals surface area contributed by atoms with Crippen LogP contribution in [0.5, 0.6) is 0 Å². The Morgan fingerprint density at radius 2 is 0.931 bits per heavy atom. The summed E-state index contributed by atoms with van der Waals surface area (Å²) in [6.07, 6.45) is 21.6. The topological polar surface area (TPSA) is 74.6 Å². The van der Waals surface area contributed by atoms with Crippen LogP contribution in [0.2, 0.25) is 0 Å². The summed E-state index contributed by atoms with van der Waals surface area (Å²) in [7, 11) is -4.06. The Morgan fingerprint density at radius 3 is 1.34 bits per heavy atom. The average Bonchev–Trinajstić information content (AvgIpc) is 2.67. The van der Waals surface area contributed by atoms with Gasteiger partial charge in [-0.15, -0.1) is 0 Å². The van der Waals surface area contributed by atoms with E-state index in [9.17, 15) is 18.1 Å². The van der Waals surface area contributed by atoms with E-state index in [0.717, 1.165) is 32.1 Å². The molecule has 0 amide bonds. The highest BCUT2D eigenvalue weighted by Crippen LogP contribution is 2.19. The third-order valence-electron chi connectivity index (χ3n) is 5.98. The molecule has 0 radical (unpaired) electrons. The summed E-state index contributed by atoms with van der Waals surface area (Å²) in [5, 5.41) is 9.35. The molecule has 0 saturated carbocycles. The number of hydrogen-bond donors (Lipinski definition) is 2. The first-order valence-electron chi connectivity index (χ1n) is 12.6. The quantitative estimate of drug-likeness (QED) is 0.137. The summed E-state index contributed by atoms with van der Waals surface area (Å²) in [5.74, 6) is 0. The highest BCUT2D eigenvalue weighted by Gasteiger charge is 2.25. The lowest BCUT2D eigenvalue weighted by Crippen LogP contribution is -2.26. The summed E-state index contributed by atoms with van der Waals surface area (Å²) in [6, 6.07) is 0. The van der Waals surface area contributed by atoms with Gasteiger partial charge in [0.05, 0.1) is 11.4 Å². The smallest absolute Gasteiger partial charge is 0.267 e. The monoisotopic (exact) mass is 434 g/mol. The lowest BCUT2D eigenvalue weighted by atomic mass is 10.0. The van der Waals surface area contributed by atoms with E-state index >= 15 is 0 Å². The van der Waals surface area contributed by atoms with Crippen molar-refractivity contribution in [2.24, 2.45) is 0 Å². The van der Waals surface area contributed by atoms with Crippen LogP contribution in [0.4, 0.5) is 0 Å². The molecule has 0 aliphatic rings. The predicted molar refractivity (Wildman–Crippen MR) is 125 cm³/mol. The molecule has 0 aromatic carbocycles. The van der Waals surface area contributed by atoms with Crippen LogP contribution in [0, 0.1) is 0 Å². The molecule has 0 rings (SSSR count). The van der Waals surface area contributed by atoms with Crippen LogP contribution < -0.4 is 0 Å². The molecule has 0 heterocycles. The molecule has 0 bridgehead atoms. The number of hydrogen-bond acceptors (Lipinski definition) is 3. The van der Waals surface area contributed by atoms with Gasteiger partial charge < -0.3 is 5.11 Å². The normalized spacial score (nSPS) is 14.2. The van der Waals surface area contributed by atoms with Crippen LogP contribution in [0.1, 0.15) is 142 Å². The summed E-state index contributed by atoms with van der Waals surface area (Å²) >= 11 is 0. The zero-order valence-corrected chi connectivity index (χ0v) is 20.2. The standard InChI is InChI=1S/C24H50O4S/c1-3-5-7-8-9-10-11-12-13-14-15-16-17-19-20-23(25)22-24(29(26,27)28)21-18-6-4-2/h23-25H,3-22H2,1-2H3,(H,26,27,28). The van der Waals surface area contributed by atoms with Gasteiger partial charge in [-0.1, -0.05) is 123 Å². The number of aliphatic hydroxyl groups is 1. The van der Waals surface area contributed by atoms with Crippen LogP contribution in [0.3, 0.4) is 0 Å². The van der Waals surface area contributed by atoms with Crippen molar-refractivity contribution >= 4 is 10.1 Å². The van der Waals surface area contributed by atoms with Crippen molar-refractivity contribution in [3.8, 4) is 0 Å². The van der Waals surface area contributed by atoms with E-state index < -0.39 is 21.5 Å². The molecule has 2 atom stereocenters. The van der Waals surface area contributed by atoms with Gasteiger partial charge in [-0.2, -0.15) is 8.42 Å². The van der Waals surface area contributed by atoms with Gasteiger partial charge in [0.2, 0.25) is 0 Å². The molecular formula is C24H50O4S. The van der Waals surface area contributed by atoms with Gasteiger partial charge in [0.1, 0.15) is 0 Å². The van der Waals surface area contributed by atoms with E-state index in [1.807, 2.05) is 0 Å². The minimum absolute atomic E-state index is 0.168. The maximum atomic E-state index is 11.5. The lowest BCUT2D eigenvalue weighted by molar-refractivity contribution is 0.146. The molecule has 0 spiro atoms. The largest absolute Gasteiger partial charge is 0.393 e. The maximum absolute atomic E-state index is 11.5. The van der Waals surface area contributed by atoms with E-state index in [0.29, 0.717) is 12.8 Å². The molecule has 0 fully saturated rings. The summed E-state index contributed by atoms with van der Waals surface area (Å²) in [5.41, 5.74) is 0. The Hall–Kier alpha value is -0.130. The maximum Gasteiger partial charge on any atom is 0.267 e. The van der Waals surface area contributed by atoms with Gasteiger partial charge in [-0.25, -0.2) is 0 Å². The van der Waals surface area contributed by atoms with Crippen molar-refractivity contribution in [2.45, 2.75) is 154 Å². The average molecular weight is 435 g/mol. The minimum Gasteiger partial charge on any atom is -0.393 e. The van der Waals surface area contributed by atoms with Crippen LogP contribution in [-0.4, -0.2) is 29.4 Å². The van der Waals surface area contributed by atoms with E-state index in [1.165, 1.54) is 77.0 Å². The third-order valence-corrected chi connectivity index (χ3v) is 7.25. The van der Waals surface area contributed by atoms with E-state index in [4.69, 9.17) is 0 Å². The van der Waals surface area contributed by atoms with Crippen molar-refractivity contribution in [3.63, 3.8) is 0 Å². The first kappa shape index (κ1) is 28.9. The lowest BCUT2D eigenvalue weighted by Gasteiger charge is -2.18. The molecule has 0 aliphatic carbocycles. The Labute approximate surface area is 182 Å². The second-order valence-electron chi connectivity index (χ2n) is 8.91. The first-order chi connectivity index (χ1) is 13.9. The highest BCUT2D eigenvalue weighted by atomic mass is 32.2. The molecule has 29 heavy (non-hydrogen) atoms. The molecule has 5 heteroatoms. The summed E-state index contributed by atoms with van der Waals surface area (Å²) < 4.78 is 32.4. The molecule has 176 valence electrons. The van der Waals surface area contributed by atoms with Crippen molar-refractivity contribution in [2.75, 3.05) is 0 Å². The predicted octanol–water partition coefficient (Wildman–Crippen LogP) is 7.45. The Bertz CT molecular complexity index is 436. The van der Waals surface area contributed by atoms with Crippen LogP contribution in [-0.2, 0) is 10.1 Å². The fraction of sp³-hybridized carbons (Fsp3) is 1.00. The van der Waals surface area contributed by atoms with Gasteiger partial charge in [-0.3, -0.25) is 4.55 Å². The summed E-state index contributed by atoms with van der Waals surface area (Å²) in [6.45, 7) is 4.32. The van der Waals surface area contributed by atoms with E-state index in [2.05, 4.69) is 13.8 Å². The molecular weight excluding hydrogens is 384 g/mol. The minimum atomic E-state index is -4.06. The van der Waals surface area contributed by atoms with Crippen LogP contribution in [0.25, 0.3) is 0 Å². The fourth-order valence-electron chi connectivity index (χ4n) is 4.01. The molecule has 4 nitrogen and oxygen atoms in total. The Kier molecular flexibility index (Phi) is 19.7. The molecule has 0 saturated heterocycles. The van der Waals surface area contributed by atoms with Crippen molar-refractivity contribution in [1.82, 2.24) is 0 Å². The first-order valence-corrected chi connectivity index (χ1v) is 14.1. The number of aliphatic hydroxyl groups excluding tert-OH is 1. The van der Waals surface area contributed by atoms with E-state index in [-0.39, 0.29) is 6.42 Å². The highest BCUT2D eigenvalue weighted by molar-refractivity contribution is 7.86. The third kappa shape index (κ3) is 19.6. The van der Waals surface area contributed by atoms with Gasteiger partial charge >= 0.3 is 0 Å². The Balaban J connectivity index is 3.57. The van der Waals surface area contributed by atoms with Gasteiger partial charge in [0, 0.05) is 0 Å². The molecule has 2 N–H and O–H groups in total. The van der Waals surface area contributed by atoms with Crippen molar-refractivity contribution in [1.29, 1.82) is 0 Å².